The quantitative estimate of drug-likeness (QED) is 0.352. The SMILES string of the molecule is CCc1ccc2c(c1)cc(C)c1nnc(SCC(=O)NNC(=O)c3ccc(Cl)cc3)n12. The molecule has 2 aromatic carbocycles. The van der Waals surface area contributed by atoms with Crippen LogP contribution in [0.25, 0.3) is 16.6 Å². The van der Waals surface area contributed by atoms with Gasteiger partial charge in [-0.3, -0.25) is 24.8 Å². The van der Waals surface area contributed by atoms with Gasteiger partial charge in [-0.05, 0) is 72.3 Å². The van der Waals surface area contributed by atoms with Crippen LogP contribution in [0.4, 0.5) is 0 Å². The number of aryl methyl sites for hydroxylation is 2. The number of halogens is 1. The van der Waals surface area contributed by atoms with E-state index in [1.807, 2.05) is 11.3 Å². The summed E-state index contributed by atoms with van der Waals surface area (Å²) in [7, 11) is 0. The summed E-state index contributed by atoms with van der Waals surface area (Å²) >= 11 is 7.08. The molecule has 0 radical (unpaired) electrons. The number of hydrogen-bond donors (Lipinski definition) is 2. The largest absolute Gasteiger partial charge is 0.272 e. The Labute approximate surface area is 188 Å². The highest BCUT2D eigenvalue weighted by Crippen LogP contribution is 2.26. The summed E-state index contributed by atoms with van der Waals surface area (Å²) in [6.45, 7) is 4.12. The van der Waals surface area contributed by atoms with Gasteiger partial charge in [-0.2, -0.15) is 0 Å². The molecule has 0 saturated heterocycles. The highest BCUT2D eigenvalue weighted by molar-refractivity contribution is 7.99. The van der Waals surface area contributed by atoms with Crippen LogP contribution in [-0.2, 0) is 11.2 Å². The Kier molecular flexibility index (Phi) is 6.11. The van der Waals surface area contributed by atoms with Crippen molar-refractivity contribution >= 4 is 51.7 Å². The summed E-state index contributed by atoms with van der Waals surface area (Å²) in [4.78, 5) is 24.4. The molecule has 7 nitrogen and oxygen atoms in total. The van der Waals surface area contributed by atoms with Gasteiger partial charge in [0.2, 0.25) is 5.91 Å². The maximum atomic E-state index is 12.3. The maximum absolute atomic E-state index is 12.3. The Bertz CT molecular complexity index is 1290. The first kappa shape index (κ1) is 21.1. The van der Waals surface area contributed by atoms with Crippen LogP contribution >= 0.6 is 23.4 Å². The van der Waals surface area contributed by atoms with Crippen LogP contribution in [0.2, 0.25) is 5.02 Å². The van der Waals surface area contributed by atoms with Crippen molar-refractivity contribution in [2.75, 3.05) is 5.75 Å². The smallest absolute Gasteiger partial charge is 0.269 e. The van der Waals surface area contributed by atoms with E-state index in [0.29, 0.717) is 15.7 Å². The molecule has 2 amide bonds. The van der Waals surface area contributed by atoms with Crippen LogP contribution in [0.1, 0.15) is 28.4 Å². The minimum absolute atomic E-state index is 0.0736. The third-order valence-corrected chi connectivity index (χ3v) is 6.03. The first-order chi connectivity index (χ1) is 15.0. The van der Waals surface area contributed by atoms with Crippen molar-refractivity contribution in [1.82, 2.24) is 25.4 Å². The van der Waals surface area contributed by atoms with E-state index in [9.17, 15) is 9.59 Å². The molecular weight excluding hydrogens is 434 g/mol. The minimum Gasteiger partial charge on any atom is -0.272 e. The summed E-state index contributed by atoms with van der Waals surface area (Å²) in [5.41, 5.74) is 9.23. The fraction of sp³-hybridized carbons (Fsp3) is 0.182. The number of carbonyl (C=O) groups excluding carboxylic acids is 2. The lowest BCUT2D eigenvalue weighted by Crippen LogP contribution is -2.42. The van der Waals surface area contributed by atoms with Gasteiger partial charge in [-0.25, -0.2) is 0 Å². The molecule has 0 atom stereocenters. The molecule has 2 aromatic heterocycles. The van der Waals surface area contributed by atoms with Crippen LogP contribution in [0.5, 0.6) is 0 Å². The zero-order valence-electron chi connectivity index (χ0n) is 17.0. The predicted molar refractivity (Wildman–Crippen MR) is 122 cm³/mol. The predicted octanol–water partition coefficient (Wildman–Crippen LogP) is 3.96. The van der Waals surface area contributed by atoms with E-state index in [-0.39, 0.29) is 11.7 Å². The lowest BCUT2D eigenvalue weighted by molar-refractivity contribution is -0.119. The van der Waals surface area contributed by atoms with Gasteiger partial charge in [0.05, 0.1) is 11.3 Å². The monoisotopic (exact) mass is 453 g/mol. The number of pyridine rings is 1. The summed E-state index contributed by atoms with van der Waals surface area (Å²) in [5, 5.41) is 10.8. The molecule has 4 rings (SSSR count). The van der Waals surface area contributed by atoms with Gasteiger partial charge < -0.3 is 0 Å². The van der Waals surface area contributed by atoms with Gasteiger partial charge in [-0.15, -0.1) is 10.2 Å². The Morgan fingerprint density at radius 3 is 2.58 bits per heavy atom. The zero-order valence-corrected chi connectivity index (χ0v) is 18.5. The van der Waals surface area contributed by atoms with Crippen LogP contribution in [0, 0.1) is 6.92 Å². The van der Waals surface area contributed by atoms with E-state index in [1.54, 1.807) is 24.3 Å². The number of aromatic nitrogens is 3. The second-order valence-corrected chi connectivity index (χ2v) is 8.39. The van der Waals surface area contributed by atoms with Crippen molar-refractivity contribution in [3.05, 3.63) is 70.2 Å². The summed E-state index contributed by atoms with van der Waals surface area (Å²) < 4.78 is 1.97. The molecule has 0 spiro atoms. The number of nitrogens with one attached hydrogen (secondary N) is 2. The maximum Gasteiger partial charge on any atom is 0.269 e. The topological polar surface area (TPSA) is 88.4 Å². The van der Waals surface area contributed by atoms with Gasteiger partial charge in [0.15, 0.2) is 10.8 Å². The third-order valence-electron chi connectivity index (χ3n) is 4.85. The second kappa shape index (κ2) is 8.95. The average Bonchev–Trinajstić information content (AvgIpc) is 3.21. The van der Waals surface area contributed by atoms with Crippen LogP contribution in [0.15, 0.2) is 53.7 Å². The fourth-order valence-corrected chi connectivity index (χ4v) is 4.11. The first-order valence-corrected chi connectivity index (χ1v) is 11.1. The van der Waals surface area contributed by atoms with Crippen molar-refractivity contribution in [3.63, 3.8) is 0 Å². The number of fused-ring (bicyclic) bond motifs is 3. The number of carbonyl (C=O) groups is 2. The van der Waals surface area contributed by atoms with E-state index in [1.165, 1.54) is 17.3 Å². The number of amides is 2. The molecular formula is C22H20ClN5O2S. The zero-order chi connectivity index (χ0) is 22.0. The van der Waals surface area contributed by atoms with Crippen molar-refractivity contribution in [2.45, 2.75) is 25.4 Å². The van der Waals surface area contributed by atoms with E-state index in [2.05, 4.69) is 52.2 Å². The van der Waals surface area contributed by atoms with E-state index < -0.39 is 5.91 Å². The Balaban J connectivity index is 1.46. The molecule has 0 saturated carbocycles. The van der Waals surface area contributed by atoms with Gasteiger partial charge >= 0.3 is 0 Å². The molecule has 0 unspecified atom stereocenters. The number of hydrogen-bond acceptors (Lipinski definition) is 5. The number of thioether (sulfide) groups is 1. The lowest BCUT2D eigenvalue weighted by atomic mass is 10.1. The van der Waals surface area contributed by atoms with Crippen molar-refractivity contribution in [3.8, 4) is 0 Å². The van der Waals surface area contributed by atoms with Crippen LogP contribution in [-0.4, -0.2) is 32.2 Å². The number of nitrogens with zero attached hydrogens (tertiary/aromatic N) is 3. The first-order valence-electron chi connectivity index (χ1n) is 9.71. The lowest BCUT2D eigenvalue weighted by Gasteiger charge is -2.09. The molecule has 0 aliphatic rings. The van der Waals surface area contributed by atoms with Crippen molar-refractivity contribution in [1.29, 1.82) is 0 Å². The van der Waals surface area contributed by atoms with Gasteiger partial charge in [0.25, 0.3) is 5.91 Å². The minimum atomic E-state index is -0.420. The molecule has 0 fully saturated rings. The van der Waals surface area contributed by atoms with Crippen LogP contribution in [0.3, 0.4) is 0 Å². The van der Waals surface area contributed by atoms with Crippen molar-refractivity contribution in [2.24, 2.45) is 0 Å². The van der Waals surface area contributed by atoms with Gasteiger partial charge in [0, 0.05) is 10.6 Å². The summed E-state index contributed by atoms with van der Waals surface area (Å²) in [6.07, 6.45) is 0.957. The standard InChI is InChI=1S/C22H20ClN5O2S/c1-3-14-4-9-18-16(11-14)10-13(2)20-25-27-22(28(18)20)31-12-19(29)24-26-21(30)15-5-7-17(23)8-6-15/h4-11H,3,12H2,1-2H3,(H,24,29)(H,26,30). The van der Waals surface area contributed by atoms with E-state index in [0.717, 1.165) is 28.5 Å². The number of benzene rings is 2. The third kappa shape index (κ3) is 4.50. The summed E-state index contributed by atoms with van der Waals surface area (Å²) in [6, 6.07) is 14.8. The van der Waals surface area contributed by atoms with Gasteiger partial charge in [-0.1, -0.05) is 36.4 Å². The van der Waals surface area contributed by atoms with Crippen molar-refractivity contribution < 1.29 is 9.59 Å². The Morgan fingerprint density at radius 2 is 1.84 bits per heavy atom. The molecule has 0 aliphatic heterocycles. The molecule has 0 bridgehead atoms. The molecule has 2 heterocycles. The van der Waals surface area contributed by atoms with Gasteiger partial charge in [0.1, 0.15) is 0 Å². The molecule has 158 valence electrons. The normalized spacial score (nSPS) is 11.1. The molecule has 4 aromatic rings. The highest BCUT2D eigenvalue weighted by Gasteiger charge is 2.14. The molecule has 2 N–H and O–H groups in total. The number of hydrazine groups is 1. The molecule has 9 heteroatoms. The number of rotatable bonds is 5. The highest BCUT2D eigenvalue weighted by atomic mass is 35.5. The Hall–Kier alpha value is -3.10. The molecule has 31 heavy (non-hydrogen) atoms. The summed E-state index contributed by atoms with van der Waals surface area (Å²) in [5.74, 6) is -0.699. The second-order valence-electron chi connectivity index (χ2n) is 7.01. The van der Waals surface area contributed by atoms with Crippen LogP contribution < -0.4 is 10.9 Å². The fourth-order valence-electron chi connectivity index (χ4n) is 3.24. The van der Waals surface area contributed by atoms with E-state index >= 15 is 0 Å². The van der Waals surface area contributed by atoms with E-state index in [4.69, 9.17) is 11.6 Å². The average molecular weight is 454 g/mol. The Morgan fingerprint density at radius 1 is 1.06 bits per heavy atom. The molecule has 0 aliphatic carbocycles.